The number of nitrogens with zero attached hydrogens (tertiary/aromatic N) is 1. The molecule has 140 valence electrons. The molecule has 1 aliphatic rings. The van der Waals surface area contributed by atoms with E-state index in [1.807, 2.05) is 25.1 Å². The summed E-state index contributed by atoms with van der Waals surface area (Å²) in [4.78, 5) is 4.65. The van der Waals surface area contributed by atoms with Gasteiger partial charge in [0.1, 0.15) is 6.61 Å². The van der Waals surface area contributed by atoms with Crippen molar-refractivity contribution in [1.82, 2.24) is 10.6 Å². The number of aliphatic imine (C=N–C) groups is 1. The van der Waals surface area contributed by atoms with Crippen LogP contribution in [0.4, 0.5) is 13.2 Å². The van der Waals surface area contributed by atoms with Crippen molar-refractivity contribution in [1.29, 1.82) is 0 Å². The van der Waals surface area contributed by atoms with Crippen LogP contribution in [0, 0.1) is 0 Å². The van der Waals surface area contributed by atoms with E-state index in [4.69, 9.17) is 0 Å². The van der Waals surface area contributed by atoms with Gasteiger partial charge in [-0.15, -0.1) is 0 Å². The third-order valence-corrected chi connectivity index (χ3v) is 4.15. The average molecular weight is 357 g/mol. The van der Waals surface area contributed by atoms with Gasteiger partial charge in [0.25, 0.3) is 0 Å². The zero-order valence-electron chi connectivity index (χ0n) is 14.5. The quantitative estimate of drug-likeness (QED) is 0.405. The first-order valence-electron chi connectivity index (χ1n) is 8.67. The van der Waals surface area contributed by atoms with Crippen LogP contribution in [0.15, 0.2) is 35.3 Å². The van der Waals surface area contributed by atoms with Crippen LogP contribution in [0.3, 0.4) is 0 Å². The predicted octanol–water partition coefficient (Wildman–Crippen LogP) is 3.24. The fourth-order valence-corrected chi connectivity index (χ4v) is 2.62. The predicted molar refractivity (Wildman–Crippen MR) is 92.8 cm³/mol. The van der Waals surface area contributed by atoms with E-state index in [2.05, 4.69) is 32.5 Å². The summed E-state index contributed by atoms with van der Waals surface area (Å²) < 4.78 is 40.5. The standard InChI is InChI=1S/C18H26F3N3O/c1-2-22-16(23-11-6-12-25-14-18(19,20)21)24-13-17(9-10-17)15-7-4-3-5-8-15/h3-5,7-8H,2,6,9-14H2,1H3,(H2,22,23,24). The van der Waals surface area contributed by atoms with Crippen LogP contribution in [0.2, 0.25) is 0 Å². The number of guanidine groups is 1. The summed E-state index contributed by atoms with van der Waals surface area (Å²) in [6.45, 7) is 2.81. The van der Waals surface area contributed by atoms with Crippen LogP contribution in [-0.2, 0) is 10.2 Å². The van der Waals surface area contributed by atoms with Crippen LogP contribution >= 0.6 is 0 Å². The van der Waals surface area contributed by atoms with Gasteiger partial charge in [-0.1, -0.05) is 30.3 Å². The highest BCUT2D eigenvalue weighted by molar-refractivity contribution is 5.79. The summed E-state index contributed by atoms with van der Waals surface area (Å²) in [7, 11) is 0. The van der Waals surface area contributed by atoms with Crippen LogP contribution in [0.5, 0.6) is 0 Å². The molecule has 0 spiro atoms. The van der Waals surface area contributed by atoms with Crippen molar-refractivity contribution >= 4 is 5.96 Å². The molecule has 25 heavy (non-hydrogen) atoms. The molecule has 1 fully saturated rings. The Kier molecular flexibility index (Phi) is 7.11. The molecule has 0 aromatic heterocycles. The van der Waals surface area contributed by atoms with Gasteiger partial charge >= 0.3 is 6.18 Å². The van der Waals surface area contributed by atoms with E-state index in [0.717, 1.165) is 19.4 Å². The van der Waals surface area contributed by atoms with E-state index in [1.165, 1.54) is 5.56 Å². The van der Waals surface area contributed by atoms with E-state index < -0.39 is 12.8 Å². The molecule has 7 heteroatoms. The summed E-state index contributed by atoms with van der Waals surface area (Å²) in [6.07, 6.45) is -1.51. The molecule has 2 N–H and O–H groups in total. The van der Waals surface area contributed by atoms with Crippen molar-refractivity contribution in [3.05, 3.63) is 35.9 Å². The maximum absolute atomic E-state index is 12.0. The van der Waals surface area contributed by atoms with Gasteiger partial charge in [-0.05, 0) is 31.7 Å². The molecule has 0 amide bonds. The number of alkyl halides is 3. The molecular weight excluding hydrogens is 331 g/mol. The Balaban J connectivity index is 1.75. The van der Waals surface area contributed by atoms with Crippen LogP contribution in [0.1, 0.15) is 31.7 Å². The van der Waals surface area contributed by atoms with Crippen molar-refractivity contribution < 1.29 is 17.9 Å². The fraction of sp³-hybridized carbons (Fsp3) is 0.611. The van der Waals surface area contributed by atoms with E-state index >= 15 is 0 Å². The lowest BCUT2D eigenvalue weighted by Gasteiger charge is -2.16. The molecule has 1 saturated carbocycles. The Morgan fingerprint density at radius 3 is 2.52 bits per heavy atom. The Morgan fingerprint density at radius 1 is 1.20 bits per heavy atom. The monoisotopic (exact) mass is 357 g/mol. The maximum Gasteiger partial charge on any atom is 0.411 e. The summed E-state index contributed by atoms with van der Waals surface area (Å²) in [5, 5.41) is 6.32. The molecule has 0 radical (unpaired) electrons. The smallest absolute Gasteiger partial charge is 0.372 e. The molecule has 0 saturated heterocycles. The molecule has 0 aliphatic heterocycles. The van der Waals surface area contributed by atoms with Gasteiger partial charge in [-0.2, -0.15) is 13.2 Å². The third-order valence-electron chi connectivity index (χ3n) is 4.15. The first kappa shape index (κ1) is 19.6. The molecule has 1 aromatic rings. The van der Waals surface area contributed by atoms with E-state index in [0.29, 0.717) is 25.5 Å². The van der Waals surface area contributed by atoms with E-state index in [-0.39, 0.29) is 12.0 Å². The topological polar surface area (TPSA) is 45.7 Å². The average Bonchev–Trinajstić information content (AvgIpc) is 3.37. The molecule has 0 unspecified atom stereocenters. The highest BCUT2D eigenvalue weighted by Gasteiger charge is 2.43. The van der Waals surface area contributed by atoms with Crippen LogP contribution < -0.4 is 10.6 Å². The number of rotatable bonds is 9. The normalized spacial score (nSPS) is 16.6. The molecule has 4 nitrogen and oxygen atoms in total. The molecule has 0 heterocycles. The van der Waals surface area contributed by atoms with Crippen molar-refractivity contribution in [3.8, 4) is 0 Å². The summed E-state index contributed by atoms with van der Waals surface area (Å²) in [5.41, 5.74) is 1.45. The molecule has 2 rings (SSSR count). The minimum absolute atomic E-state index is 0.0693. The highest BCUT2D eigenvalue weighted by atomic mass is 19.4. The van der Waals surface area contributed by atoms with Gasteiger partial charge in [-0.25, -0.2) is 0 Å². The molecule has 0 bridgehead atoms. The first-order chi connectivity index (χ1) is 12.0. The Hall–Kier alpha value is -1.76. The number of nitrogens with one attached hydrogen (secondary N) is 2. The number of hydrogen-bond donors (Lipinski definition) is 2. The second-order valence-corrected chi connectivity index (χ2v) is 6.29. The SMILES string of the molecule is CCNC(=NCC1(c2ccccc2)CC1)NCCCOCC(F)(F)F. The maximum atomic E-state index is 12.0. The van der Waals surface area contributed by atoms with Gasteiger partial charge in [-0.3, -0.25) is 4.99 Å². The minimum atomic E-state index is -4.26. The number of benzene rings is 1. The highest BCUT2D eigenvalue weighted by Crippen LogP contribution is 2.48. The van der Waals surface area contributed by atoms with Crippen LogP contribution in [0.25, 0.3) is 0 Å². The van der Waals surface area contributed by atoms with Crippen molar-refractivity contribution in [2.45, 2.75) is 37.8 Å². The first-order valence-corrected chi connectivity index (χ1v) is 8.67. The molecular formula is C18H26F3N3O. The summed E-state index contributed by atoms with van der Waals surface area (Å²) >= 11 is 0. The lowest BCUT2D eigenvalue weighted by Crippen LogP contribution is -2.38. The fourth-order valence-electron chi connectivity index (χ4n) is 2.62. The van der Waals surface area contributed by atoms with Crippen molar-refractivity contribution in [2.24, 2.45) is 4.99 Å². The lowest BCUT2D eigenvalue weighted by molar-refractivity contribution is -0.173. The second kappa shape index (κ2) is 9.08. The Labute approximate surface area is 146 Å². The number of ether oxygens (including phenoxy) is 1. The Morgan fingerprint density at radius 2 is 1.92 bits per heavy atom. The molecule has 1 aliphatic carbocycles. The van der Waals surface area contributed by atoms with Gasteiger partial charge in [0.05, 0.1) is 6.54 Å². The zero-order chi connectivity index (χ0) is 18.2. The van der Waals surface area contributed by atoms with Gasteiger partial charge in [0.2, 0.25) is 0 Å². The largest absolute Gasteiger partial charge is 0.411 e. The van der Waals surface area contributed by atoms with E-state index in [9.17, 15) is 13.2 Å². The third kappa shape index (κ3) is 6.94. The number of hydrogen-bond acceptors (Lipinski definition) is 2. The Bertz CT molecular complexity index is 542. The second-order valence-electron chi connectivity index (χ2n) is 6.29. The zero-order valence-corrected chi connectivity index (χ0v) is 14.5. The van der Waals surface area contributed by atoms with Gasteiger partial charge in [0, 0.05) is 25.1 Å². The molecule has 0 atom stereocenters. The summed E-state index contributed by atoms with van der Waals surface area (Å²) in [6, 6.07) is 10.4. The van der Waals surface area contributed by atoms with E-state index in [1.54, 1.807) is 0 Å². The van der Waals surface area contributed by atoms with Gasteiger partial charge in [0.15, 0.2) is 5.96 Å². The summed E-state index contributed by atoms with van der Waals surface area (Å²) in [5.74, 6) is 0.695. The van der Waals surface area contributed by atoms with Crippen LogP contribution in [-0.4, -0.2) is 45.0 Å². The lowest BCUT2D eigenvalue weighted by atomic mass is 9.96. The number of halogens is 3. The van der Waals surface area contributed by atoms with Gasteiger partial charge < -0.3 is 15.4 Å². The minimum Gasteiger partial charge on any atom is -0.372 e. The molecule has 1 aromatic carbocycles. The van der Waals surface area contributed by atoms with Crippen molar-refractivity contribution in [2.75, 3.05) is 32.8 Å². The van der Waals surface area contributed by atoms with Crippen molar-refractivity contribution in [3.63, 3.8) is 0 Å².